The fraction of sp³-hybridized carbons (Fsp3) is 0.462. The predicted octanol–water partition coefficient (Wildman–Crippen LogP) is 3.26. The Morgan fingerprint density at radius 1 is 1.37 bits per heavy atom. The van der Waals surface area contributed by atoms with E-state index >= 15 is 0 Å². The molecule has 104 valence electrons. The van der Waals surface area contributed by atoms with Crippen LogP contribution in [0.2, 0.25) is 0 Å². The normalized spacial score (nSPS) is 11.0. The number of imide groups is 1. The average molecular weight is 329 g/mol. The number of ether oxygens (including phenoxy) is 1. The lowest BCUT2D eigenvalue weighted by molar-refractivity contribution is -0.116. The van der Waals surface area contributed by atoms with E-state index in [0.717, 1.165) is 10.6 Å². The summed E-state index contributed by atoms with van der Waals surface area (Å²) in [5, 5.41) is 0.543. The van der Waals surface area contributed by atoms with Gasteiger partial charge < -0.3 is 4.74 Å². The molecule has 0 aliphatic rings. The lowest BCUT2D eigenvalue weighted by atomic mass is 10.2. The predicted molar refractivity (Wildman–Crippen MR) is 76.3 cm³/mol. The van der Waals surface area contributed by atoms with Gasteiger partial charge in [-0.3, -0.25) is 4.79 Å². The molecule has 0 aliphatic heterocycles. The molecule has 0 spiro atoms. The molecule has 1 heterocycles. The molecule has 1 rings (SSSR count). The Hall–Kier alpha value is -1.43. The summed E-state index contributed by atoms with van der Waals surface area (Å²) in [6.07, 6.45) is -0.723. The quantitative estimate of drug-likeness (QED) is 0.782. The highest BCUT2D eigenvalue weighted by Gasteiger charge is 2.27. The van der Waals surface area contributed by atoms with Crippen LogP contribution in [0.25, 0.3) is 0 Å². The fourth-order valence-corrected chi connectivity index (χ4v) is 1.67. The van der Waals surface area contributed by atoms with Crippen molar-refractivity contribution in [2.45, 2.75) is 38.6 Å². The van der Waals surface area contributed by atoms with Gasteiger partial charge in [-0.15, -0.1) is 0 Å². The number of amides is 2. The summed E-state index contributed by atoms with van der Waals surface area (Å²) in [5.41, 5.74) is 0.0602. The van der Waals surface area contributed by atoms with Crippen LogP contribution < -0.4 is 4.90 Å². The van der Waals surface area contributed by atoms with Crippen molar-refractivity contribution in [3.05, 3.63) is 23.9 Å². The van der Waals surface area contributed by atoms with Crippen molar-refractivity contribution in [1.29, 1.82) is 0 Å². The van der Waals surface area contributed by atoms with Crippen LogP contribution in [0.5, 0.6) is 0 Å². The van der Waals surface area contributed by atoms with E-state index in [-0.39, 0.29) is 5.82 Å². The number of hydrogen-bond acceptors (Lipinski definition) is 4. The number of carbonyl (C=O) groups excluding carboxylic acids is 2. The number of alkyl halides is 1. The van der Waals surface area contributed by atoms with Crippen LogP contribution in [0.3, 0.4) is 0 Å². The molecule has 0 atom stereocenters. The van der Waals surface area contributed by atoms with Crippen molar-refractivity contribution in [3.8, 4) is 0 Å². The maximum Gasteiger partial charge on any atom is 0.422 e. The molecular formula is C13H17BrN2O3. The van der Waals surface area contributed by atoms with Crippen LogP contribution in [0, 0.1) is 0 Å². The highest BCUT2D eigenvalue weighted by atomic mass is 79.9. The third-order valence-corrected chi connectivity index (χ3v) is 2.62. The van der Waals surface area contributed by atoms with Gasteiger partial charge in [0.1, 0.15) is 11.4 Å². The molecule has 6 heteroatoms. The molecule has 0 N–H and O–H groups in total. The monoisotopic (exact) mass is 328 g/mol. The number of pyridine rings is 1. The topological polar surface area (TPSA) is 59.5 Å². The number of halogens is 1. The molecule has 19 heavy (non-hydrogen) atoms. The molecule has 0 saturated carbocycles. The summed E-state index contributed by atoms with van der Waals surface area (Å²) in [5.74, 6) is -0.174. The van der Waals surface area contributed by atoms with Crippen molar-refractivity contribution in [2.24, 2.45) is 0 Å². The average Bonchev–Trinajstić information content (AvgIpc) is 2.26. The lowest BCUT2D eigenvalue weighted by Crippen LogP contribution is -2.40. The number of rotatable bonds is 2. The first-order valence-corrected chi connectivity index (χ1v) is 6.92. The van der Waals surface area contributed by atoms with Crippen LogP contribution in [0.15, 0.2) is 18.2 Å². The molecule has 2 amide bonds. The van der Waals surface area contributed by atoms with E-state index in [1.54, 1.807) is 39.0 Å². The van der Waals surface area contributed by atoms with E-state index < -0.39 is 17.6 Å². The Morgan fingerprint density at radius 2 is 2.00 bits per heavy atom. The van der Waals surface area contributed by atoms with Crippen LogP contribution in [-0.2, 0) is 14.9 Å². The fourth-order valence-electron chi connectivity index (χ4n) is 1.36. The Kier molecular flexibility index (Phi) is 5.05. The zero-order valence-electron chi connectivity index (χ0n) is 11.4. The van der Waals surface area contributed by atoms with Crippen LogP contribution in [0.1, 0.15) is 33.4 Å². The van der Waals surface area contributed by atoms with Crippen LogP contribution in [0.4, 0.5) is 10.6 Å². The molecule has 0 unspecified atom stereocenters. The SMILES string of the molecule is CC(=O)N(C(=O)OC(C)(C)C)c1cccc(CBr)n1. The van der Waals surface area contributed by atoms with Gasteiger partial charge in [-0.05, 0) is 32.9 Å². The van der Waals surface area contributed by atoms with E-state index in [1.165, 1.54) is 6.92 Å². The molecule has 0 radical (unpaired) electrons. The minimum atomic E-state index is -0.723. The van der Waals surface area contributed by atoms with E-state index in [0.29, 0.717) is 5.33 Å². The zero-order chi connectivity index (χ0) is 14.6. The second-order valence-corrected chi connectivity index (χ2v) is 5.52. The van der Waals surface area contributed by atoms with Gasteiger partial charge in [-0.1, -0.05) is 22.0 Å². The maximum atomic E-state index is 12.0. The van der Waals surface area contributed by atoms with Crippen molar-refractivity contribution >= 4 is 33.7 Å². The smallest absolute Gasteiger partial charge is 0.422 e. The first-order chi connectivity index (χ1) is 8.74. The first kappa shape index (κ1) is 15.6. The minimum Gasteiger partial charge on any atom is -0.443 e. The van der Waals surface area contributed by atoms with Gasteiger partial charge >= 0.3 is 6.09 Å². The first-order valence-electron chi connectivity index (χ1n) is 5.80. The minimum absolute atomic E-state index is 0.263. The number of carbonyl (C=O) groups is 2. The van der Waals surface area contributed by atoms with E-state index in [9.17, 15) is 9.59 Å². The lowest BCUT2D eigenvalue weighted by Gasteiger charge is -2.24. The van der Waals surface area contributed by atoms with E-state index in [1.807, 2.05) is 0 Å². The summed E-state index contributed by atoms with van der Waals surface area (Å²) in [6, 6.07) is 5.13. The van der Waals surface area contributed by atoms with Crippen molar-refractivity contribution in [1.82, 2.24) is 4.98 Å². The van der Waals surface area contributed by atoms with Gasteiger partial charge in [-0.25, -0.2) is 9.78 Å². The summed E-state index contributed by atoms with van der Waals surface area (Å²) >= 11 is 3.28. The molecular weight excluding hydrogens is 312 g/mol. The Morgan fingerprint density at radius 3 is 2.47 bits per heavy atom. The van der Waals surface area contributed by atoms with Gasteiger partial charge in [-0.2, -0.15) is 4.90 Å². The summed E-state index contributed by atoms with van der Waals surface area (Å²) in [7, 11) is 0. The molecule has 0 bridgehead atoms. The van der Waals surface area contributed by atoms with E-state index in [4.69, 9.17) is 4.74 Å². The second-order valence-electron chi connectivity index (χ2n) is 4.96. The van der Waals surface area contributed by atoms with Gasteiger partial charge in [0.2, 0.25) is 5.91 Å². The largest absolute Gasteiger partial charge is 0.443 e. The van der Waals surface area contributed by atoms with E-state index in [2.05, 4.69) is 20.9 Å². The number of anilines is 1. The molecule has 5 nitrogen and oxygen atoms in total. The van der Waals surface area contributed by atoms with Gasteiger partial charge in [0.25, 0.3) is 0 Å². The summed E-state index contributed by atoms with van der Waals surface area (Å²) in [6.45, 7) is 6.52. The highest BCUT2D eigenvalue weighted by molar-refractivity contribution is 9.08. The number of nitrogens with zero attached hydrogens (tertiary/aromatic N) is 2. The third-order valence-electron chi connectivity index (χ3n) is 2.05. The second kappa shape index (κ2) is 6.14. The Bertz CT molecular complexity index is 483. The zero-order valence-corrected chi connectivity index (χ0v) is 13.0. The van der Waals surface area contributed by atoms with Crippen molar-refractivity contribution in [3.63, 3.8) is 0 Å². The molecule has 1 aromatic rings. The Labute approximate surface area is 121 Å². The summed E-state index contributed by atoms with van der Waals surface area (Å²) < 4.78 is 5.20. The molecule has 0 fully saturated rings. The molecule has 1 aromatic heterocycles. The summed E-state index contributed by atoms with van der Waals surface area (Å²) in [4.78, 5) is 28.8. The molecule has 0 aromatic carbocycles. The Balaban J connectivity index is 3.07. The number of aromatic nitrogens is 1. The van der Waals surface area contributed by atoms with Crippen LogP contribution in [-0.4, -0.2) is 22.6 Å². The standard InChI is InChI=1S/C13H17BrN2O3/c1-9(17)16(12(18)19-13(2,3)4)11-7-5-6-10(8-14)15-11/h5-7H,8H2,1-4H3. The molecule has 0 saturated heterocycles. The third kappa shape index (κ3) is 4.63. The van der Waals surface area contributed by atoms with Crippen molar-refractivity contribution in [2.75, 3.05) is 4.90 Å². The maximum absolute atomic E-state index is 12.0. The van der Waals surface area contributed by atoms with Gasteiger partial charge in [0.05, 0.1) is 5.69 Å². The van der Waals surface area contributed by atoms with Gasteiger partial charge in [0.15, 0.2) is 0 Å². The van der Waals surface area contributed by atoms with Crippen LogP contribution >= 0.6 is 15.9 Å². The van der Waals surface area contributed by atoms with Gasteiger partial charge in [0, 0.05) is 12.3 Å². The highest BCUT2D eigenvalue weighted by Crippen LogP contribution is 2.17. The van der Waals surface area contributed by atoms with Crippen molar-refractivity contribution < 1.29 is 14.3 Å². The number of hydrogen-bond donors (Lipinski definition) is 0. The molecule has 0 aliphatic carbocycles.